The van der Waals surface area contributed by atoms with Crippen LogP contribution in [0.4, 0.5) is 0 Å². The smallest absolute Gasteiger partial charge is 0.0110 e. The second-order valence-corrected chi connectivity index (χ2v) is 4.85. The number of nitrogens with one attached hydrogen (secondary N) is 1. The average molecular weight is 243 g/mol. The van der Waals surface area contributed by atoms with Crippen LogP contribution in [0.1, 0.15) is 42.9 Å². The number of hydrogen-bond acceptors (Lipinski definition) is 1. The molecule has 0 heterocycles. The van der Waals surface area contributed by atoms with Crippen LogP contribution in [-0.4, -0.2) is 7.05 Å². The molecule has 0 saturated heterocycles. The molecule has 0 spiro atoms. The Morgan fingerprint density at radius 3 is 2.56 bits per heavy atom. The van der Waals surface area contributed by atoms with Gasteiger partial charge in [-0.2, -0.15) is 0 Å². The van der Waals surface area contributed by atoms with E-state index in [0.717, 1.165) is 12.0 Å². The molecule has 18 heavy (non-hydrogen) atoms. The zero-order valence-electron chi connectivity index (χ0n) is 12.1. The van der Waals surface area contributed by atoms with E-state index in [1.807, 2.05) is 7.05 Å². The molecule has 0 radical (unpaired) electrons. The van der Waals surface area contributed by atoms with Crippen molar-refractivity contribution in [1.29, 1.82) is 0 Å². The van der Waals surface area contributed by atoms with Crippen LogP contribution in [-0.2, 0) is 0 Å². The second-order valence-electron chi connectivity index (χ2n) is 4.85. The minimum absolute atomic E-state index is 1.08. The summed E-state index contributed by atoms with van der Waals surface area (Å²) in [6.45, 7) is 10.7. The molecule has 1 rings (SSSR count). The lowest BCUT2D eigenvalue weighted by molar-refractivity contribution is 0.745. The average Bonchev–Trinajstić information content (AvgIpc) is 2.37. The van der Waals surface area contributed by atoms with Gasteiger partial charge in [-0.1, -0.05) is 38.1 Å². The maximum absolute atomic E-state index is 4.18. The molecule has 0 aliphatic rings. The molecule has 0 aliphatic heterocycles. The van der Waals surface area contributed by atoms with Crippen LogP contribution in [0.3, 0.4) is 0 Å². The summed E-state index contributed by atoms with van der Waals surface area (Å²) in [4.78, 5) is 0. The molecule has 0 aromatic heterocycles. The van der Waals surface area contributed by atoms with E-state index in [1.165, 1.54) is 35.2 Å². The summed E-state index contributed by atoms with van der Waals surface area (Å²) in [5.41, 5.74) is 6.21. The standard InChI is InChI=1S/C17H25N/c1-6-7-8-17(18-5)12-15(4)16-10-9-13(2)14(3)11-16/h9-12,18H,4,6-8H2,1-3,5H3/b17-12-. The van der Waals surface area contributed by atoms with E-state index < -0.39 is 0 Å². The molecule has 0 amide bonds. The van der Waals surface area contributed by atoms with Crippen LogP contribution >= 0.6 is 0 Å². The van der Waals surface area contributed by atoms with Crippen LogP contribution in [0.15, 0.2) is 36.6 Å². The van der Waals surface area contributed by atoms with Gasteiger partial charge in [0.2, 0.25) is 0 Å². The summed E-state index contributed by atoms with van der Waals surface area (Å²) in [6, 6.07) is 6.52. The SMILES string of the molecule is C=C(/C=C(/CCCC)NC)c1ccc(C)c(C)c1. The third-order valence-electron chi connectivity index (χ3n) is 3.35. The van der Waals surface area contributed by atoms with Crippen molar-refractivity contribution in [2.45, 2.75) is 40.0 Å². The van der Waals surface area contributed by atoms with Gasteiger partial charge in [-0.15, -0.1) is 0 Å². The number of hydrogen-bond donors (Lipinski definition) is 1. The molecule has 1 aromatic carbocycles. The van der Waals surface area contributed by atoms with Gasteiger partial charge in [-0.3, -0.25) is 0 Å². The Hall–Kier alpha value is -1.50. The van der Waals surface area contributed by atoms with Crippen molar-refractivity contribution in [3.8, 4) is 0 Å². The van der Waals surface area contributed by atoms with Crippen molar-refractivity contribution in [2.24, 2.45) is 0 Å². The Labute approximate surface area is 112 Å². The normalized spacial score (nSPS) is 11.4. The largest absolute Gasteiger partial charge is 0.391 e. The minimum atomic E-state index is 1.08. The van der Waals surface area contributed by atoms with Crippen molar-refractivity contribution in [1.82, 2.24) is 5.32 Å². The molecule has 1 nitrogen and oxygen atoms in total. The molecule has 0 bridgehead atoms. The Bertz CT molecular complexity index is 441. The molecule has 0 unspecified atom stereocenters. The number of benzene rings is 1. The Morgan fingerprint density at radius 1 is 1.28 bits per heavy atom. The zero-order valence-corrected chi connectivity index (χ0v) is 12.1. The van der Waals surface area contributed by atoms with Crippen LogP contribution in [0.5, 0.6) is 0 Å². The van der Waals surface area contributed by atoms with Crippen LogP contribution in [0.25, 0.3) is 5.57 Å². The summed E-state index contributed by atoms with van der Waals surface area (Å²) in [5, 5.41) is 3.26. The van der Waals surface area contributed by atoms with Gasteiger partial charge in [0.25, 0.3) is 0 Å². The summed E-state index contributed by atoms with van der Waals surface area (Å²) in [7, 11) is 1.98. The van der Waals surface area contributed by atoms with Crippen molar-refractivity contribution in [2.75, 3.05) is 7.05 Å². The van der Waals surface area contributed by atoms with E-state index in [0.29, 0.717) is 0 Å². The summed E-state index contributed by atoms with van der Waals surface area (Å²) < 4.78 is 0. The molecule has 1 heteroatoms. The first-order valence-electron chi connectivity index (χ1n) is 6.73. The summed E-state index contributed by atoms with van der Waals surface area (Å²) in [6.07, 6.45) is 5.69. The molecule has 0 fully saturated rings. The lowest BCUT2D eigenvalue weighted by Crippen LogP contribution is -2.05. The monoisotopic (exact) mass is 243 g/mol. The highest BCUT2D eigenvalue weighted by atomic mass is 14.8. The highest BCUT2D eigenvalue weighted by Gasteiger charge is 2.01. The Morgan fingerprint density at radius 2 is 2.00 bits per heavy atom. The Kier molecular flexibility index (Phi) is 5.70. The third-order valence-corrected chi connectivity index (χ3v) is 3.35. The van der Waals surface area contributed by atoms with Crippen molar-refractivity contribution >= 4 is 5.57 Å². The van der Waals surface area contributed by atoms with E-state index in [1.54, 1.807) is 0 Å². The van der Waals surface area contributed by atoms with Gasteiger partial charge in [0, 0.05) is 12.7 Å². The third kappa shape index (κ3) is 4.06. The van der Waals surface area contributed by atoms with Gasteiger partial charge < -0.3 is 5.32 Å². The van der Waals surface area contributed by atoms with Crippen LogP contribution in [0, 0.1) is 13.8 Å². The maximum atomic E-state index is 4.18. The summed E-state index contributed by atoms with van der Waals surface area (Å²) >= 11 is 0. The van der Waals surface area contributed by atoms with E-state index in [-0.39, 0.29) is 0 Å². The second kappa shape index (κ2) is 7.05. The van der Waals surface area contributed by atoms with Gasteiger partial charge in [0.1, 0.15) is 0 Å². The quantitative estimate of drug-likeness (QED) is 0.719. The molecular formula is C17H25N. The molecule has 1 aromatic rings. The number of unbranched alkanes of at least 4 members (excludes halogenated alkanes) is 1. The minimum Gasteiger partial charge on any atom is -0.391 e. The van der Waals surface area contributed by atoms with Gasteiger partial charge in [0.05, 0.1) is 0 Å². The lowest BCUT2D eigenvalue weighted by atomic mass is 10.0. The first-order valence-corrected chi connectivity index (χ1v) is 6.73. The predicted octanol–water partition coefficient (Wildman–Crippen LogP) is 4.61. The summed E-state index contributed by atoms with van der Waals surface area (Å²) in [5.74, 6) is 0. The van der Waals surface area contributed by atoms with Crippen molar-refractivity contribution < 1.29 is 0 Å². The van der Waals surface area contributed by atoms with Crippen LogP contribution in [0.2, 0.25) is 0 Å². The molecule has 0 saturated carbocycles. The molecule has 98 valence electrons. The maximum Gasteiger partial charge on any atom is 0.0110 e. The Balaban J connectivity index is 2.85. The number of aryl methyl sites for hydroxylation is 2. The van der Waals surface area contributed by atoms with Gasteiger partial charge >= 0.3 is 0 Å². The molecule has 0 aliphatic carbocycles. The zero-order chi connectivity index (χ0) is 13.5. The van der Waals surface area contributed by atoms with Crippen molar-refractivity contribution in [3.05, 3.63) is 53.2 Å². The first-order chi connectivity index (χ1) is 8.58. The first kappa shape index (κ1) is 14.6. The molecule has 0 atom stereocenters. The molecular weight excluding hydrogens is 218 g/mol. The van der Waals surface area contributed by atoms with Gasteiger partial charge in [0.15, 0.2) is 0 Å². The molecule has 1 N–H and O–H groups in total. The topological polar surface area (TPSA) is 12.0 Å². The fourth-order valence-corrected chi connectivity index (χ4v) is 1.87. The van der Waals surface area contributed by atoms with E-state index in [2.05, 4.69) is 56.9 Å². The van der Waals surface area contributed by atoms with Gasteiger partial charge in [-0.05, 0) is 55.0 Å². The van der Waals surface area contributed by atoms with E-state index >= 15 is 0 Å². The van der Waals surface area contributed by atoms with E-state index in [4.69, 9.17) is 0 Å². The van der Waals surface area contributed by atoms with Crippen LogP contribution < -0.4 is 5.32 Å². The van der Waals surface area contributed by atoms with Crippen molar-refractivity contribution in [3.63, 3.8) is 0 Å². The number of rotatable bonds is 6. The van der Waals surface area contributed by atoms with Gasteiger partial charge in [-0.25, -0.2) is 0 Å². The fraction of sp³-hybridized carbons (Fsp3) is 0.412. The predicted molar refractivity (Wildman–Crippen MR) is 81.6 cm³/mol. The highest BCUT2D eigenvalue weighted by Crippen LogP contribution is 2.19. The van der Waals surface area contributed by atoms with E-state index in [9.17, 15) is 0 Å². The highest BCUT2D eigenvalue weighted by molar-refractivity contribution is 5.73. The number of allylic oxidation sites excluding steroid dienone is 3. The fourth-order valence-electron chi connectivity index (χ4n) is 1.87. The lowest BCUT2D eigenvalue weighted by Gasteiger charge is -2.09.